The quantitative estimate of drug-likeness (QED) is 0.682. The second-order valence-corrected chi connectivity index (χ2v) is 5.01. The molecule has 0 radical (unpaired) electrons. The van der Waals surface area contributed by atoms with Gasteiger partial charge in [-0.1, -0.05) is 6.92 Å². The highest BCUT2D eigenvalue weighted by Crippen LogP contribution is 2.44. The zero-order valence-corrected chi connectivity index (χ0v) is 9.70. The van der Waals surface area contributed by atoms with E-state index in [1.165, 1.54) is 25.7 Å². The lowest BCUT2D eigenvalue weighted by Crippen LogP contribution is -2.44. The largest absolute Gasteiger partial charge is 0.363 e. The van der Waals surface area contributed by atoms with E-state index >= 15 is 0 Å². The SMILES string of the molecule is CCCNC(=S)NC(C1CC1)C1CC1. The fourth-order valence-corrected chi connectivity index (χ4v) is 2.21. The fourth-order valence-electron chi connectivity index (χ4n) is 1.97. The van der Waals surface area contributed by atoms with E-state index in [0.29, 0.717) is 6.04 Å². The lowest BCUT2D eigenvalue weighted by atomic mass is 10.1. The van der Waals surface area contributed by atoms with Crippen molar-refractivity contribution >= 4 is 17.3 Å². The van der Waals surface area contributed by atoms with Crippen LogP contribution in [0.2, 0.25) is 0 Å². The molecule has 0 spiro atoms. The fraction of sp³-hybridized carbons (Fsp3) is 0.909. The summed E-state index contributed by atoms with van der Waals surface area (Å²) in [5.74, 6) is 1.84. The summed E-state index contributed by atoms with van der Waals surface area (Å²) in [5, 5.41) is 7.62. The minimum absolute atomic E-state index is 0.687. The minimum atomic E-state index is 0.687. The molecule has 0 aliphatic heterocycles. The first kappa shape index (κ1) is 10.2. The third-order valence-corrected chi connectivity index (χ3v) is 3.36. The maximum absolute atomic E-state index is 5.27. The van der Waals surface area contributed by atoms with E-state index in [1.807, 2.05) is 0 Å². The Labute approximate surface area is 91.8 Å². The van der Waals surface area contributed by atoms with Gasteiger partial charge in [-0.3, -0.25) is 0 Å². The van der Waals surface area contributed by atoms with Gasteiger partial charge in [0.2, 0.25) is 0 Å². The maximum atomic E-state index is 5.27. The molecule has 0 heterocycles. The van der Waals surface area contributed by atoms with Crippen LogP contribution in [0.25, 0.3) is 0 Å². The summed E-state index contributed by atoms with van der Waals surface area (Å²) in [6.45, 7) is 3.16. The molecule has 2 aliphatic rings. The lowest BCUT2D eigenvalue weighted by molar-refractivity contribution is 0.479. The third-order valence-electron chi connectivity index (χ3n) is 3.09. The number of hydrogen-bond donors (Lipinski definition) is 2. The summed E-state index contributed by atoms with van der Waals surface area (Å²) in [7, 11) is 0. The van der Waals surface area contributed by atoms with Crippen molar-refractivity contribution in [2.24, 2.45) is 11.8 Å². The van der Waals surface area contributed by atoms with Crippen molar-refractivity contribution in [1.82, 2.24) is 10.6 Å². The summed E-state index contributed by atoms with van der Waals surface area (Å²) in [6, 6.07) is 0.687. The maximum Gasteiger partial charge on any atom is 0.166 e. The van der Waals surface area contributed by atoms with Crippen LogP contribution in [0.3, 0.4) is 0 Å². The van der Waals surface area contributed by atoms with Gasteiger partial charge < -0.3 is 10.6 Å². The first-order chi connectivity index (χ1) is 6.81. The molecule has 0 saturated heterocycles. The second kappa shape index (κ2) is 4.47. The Hall–Kier alpha value is -0.310. The van der Waals surface area contributed by atoms with Crippen LogP contribution in [0.1, 0.15) is 39.0 Å². The van der Waals surface area contributed by atoms with Gasteiger partial charge in [0.15, 0.2) is 5.11 Å². The topological polar surface area (TPSA) is 24.1 Å². The third kappa shape index (κ3) is 2.84. The van der Waals surface area contributed by atoms with Crippen LogP contribution in [-0.4, -0.2) is 17.7 Å². The molecule has 0 aromatic rings. The van der Waals surface area contributed by atoms with Gasteiger partial charge in [0.25, 0.3) is 0 Å². The summed E-state index contributed by atoms with van der Waals surface area (Å²) in [4.78, 5) is 0. The molecule has 2 nitrogen and oxygen atoms in total. The highest BCUT2D eigenvalue weighted by molar-refractivity contribution is 7.80. The van der Waals surface area contributed by atoms with Crippen molar-refractivity contribution in [3.05, 3.63) is 0 Å². The van der Waals surface area contributed by atoms with Gasteiger partial charge in [-0.05, 0) is 56.2 Å². The molecule has 2 aliphatic carbocycles. The molecule has 0 unspecified atom stereocenters. The minimum Gasteiger partial charge on any atom is -0.363 e. The van der Waals surface area contributed by atoms with Gasteiger partial charge >= 0.3 is 0 Å². The number of thiocarbonyl (C=S) groups is 1. The Morgan fingerprint density at radius 3 is 2.29 bits per heavy atom. The van der Waals surface area contributed by atoms with Crippen LogP contribution in [0.15, 0.2) is 0 Å². The Bertz CT molecular complexity index is 197. The van der Waals surface area contributed by atoms with Gasteiger partial charge in [-0.2, -0.15) is 0 Å². The molecule has 0 aromatic carbocycles. The average molecular weight is 212 g/mol. The second-order valence-electron chi connectivity index (χ2n) is 4.60. The monoisotopic (exact) mass is 212 g/mol. The Morgan fingerprint density at radius 2 is 1.86 bits per heavy atom. The van der Waals surface area contributed by atoms with Crippen molar-refractivity contribution in [2.45, 2.75) is 45.1 Å². The van der Waals surface area contributed by atoms with E-state index in [0.717, 1.165) is 29.9 Å². The van der Waals surface area contributed by atoms with Gasteiger partial charge in [0, 0.05) is 12.6 Å². The van der Waals surface area contributed by atoms with Gasteiger partial charge in [0.05, 0.1) is 0 Å². The van der Waals surface area contributed by atoms with Crippen molar-refractivity contribution < 1.29 is 0 Å². The first-order valence-corrected chi connectivity index (χ1v) is 6.26. The van der Waals surface area contributed by atoms with Crippen LogP contribution in [0.5, 0.6) is 0 Å². The zero-order valence-electron chi connectivity index (χ0n) is 8.88. The van der Waals surface area contributed by atoms with E-state index in [4.69, 9.17) is 12.2 Å². The summed E-state index contributed by atoms with van der Waals surface area (Å²) >= 11 is 5.27. The molecule has 2 fully saturated rings. The highest BCUT2D eigenvalue weighted by atomic mass is 32.1. The van der Waals surface area contributed by atoms with Gasteiger partial charge in [0.1, 0.15) is 0 Å². The molecule has 3 heteroatoms. The predicted octanol–water partition coefficient (Wildman–Crippen LogP) is 2.05. The van der Waals surface area contributed by atoms with Crippen LogP contribution in [0, 0.1) is 11.8 Å². The molecule has 0 bridgehead atoms. The Kier molecular flexibility index (Phi) is 3.26. The van der Waals surface area contributed by atoms with E-state index < -0.39 is 0 Å². The molecule has 2 N–H and O–H groups in total. The van der Waals surface area contributed by atoms with Gasteiger partial charge in [-0.15, -0.1) is 0 Å². The normalized spacial score (nSPS) is 21.0. The predicted molar refractivity (Wildman–Crippen MR) is 63.3 cm³/mol. The standard InChI is InChI=1S/C11H20N2S/c1-2-7-12-11(14)13-10(8-3-4-8)9-5-6-9/h8-10H,2-7H2,1H3,(H2,12,13,14). The lowest BCUT2D eigenvalue weighted by Gasteiger charge is -2.20. The van der Waals surface area contributed by atoms with Crippen LogP contribution >= 0.6 is 12.2 Å². The van der Waals surface area contributed by atoms with Crippen LogP contribution < -0.4 is 10.6 Å². The van der Waals surface area contributed by atoms with Crippen LogP contribution in [0.4, 0.5) is 0 Å². The Morgan fingerprint density at radius 1 is 1.29 bits per heavy atom. The summed E-state index contributed by atoms with van der Waals surface area (Å²) in [5.41, 5.74) is 0. The number of nitrogens with one attached hydrogen (secondary N) is 2. The molecular formula is C11H20N2S. The summed E-state index contributed by atoms with van der Waals surface area (Å²) in [6.07, 6.45) is 6.77. The highest BCUT2D eigenvalue weighted by Gasteiger charge is 2.41. The van der Waals surface area contributed by atoms with Gasteiger partial charge in [-0.25, -0.2) is 0 Å². The zero-order chi connectivity index (χ0) is 9.97. The van der Waals surface area contributed by atoms with Crippen molar-refractivity contribution in [3.8, 4) is 0 Å². The molecule has 2 saturated carbocycles. The number of hydrogen-bond acceptors (Lipinski definition) is 1. The van der Waals surface area contributed by atoms with Crippen molar-refractivity contribution in [2.75, 3.05) is 6.54 Å². The van der Waals surface area contributed by atoms with E-state index in [9.17, 15) is 0 Å². The number of rotatable bonds is 5. The molecular weight excluding hydrogens is 192 g/mol. The van der Waals surface area contributed by atoms with Crippen molar-refractivity contribution in [1.29, 1.82) is 0 Å². The molecule has 14 heavy (non-hydrogen) atoms. The molecule has 0 aromatic heterocycles. The molecule has 0 amide bonds. The first-order valence-electron chi connectivity index (χ1n) is 5.85. The smallest absolute Gasteiger partial charge is 0.166 e. The van der Waals surface area contributed by atoms with Crippen LogP contribution in [-0.2, 0) is 0 Å². The molecule has 2 rings (SSSR count). The molecule has 80 valence electrons. The summed E-state index contributed by atoms with van der Waals surface area (Å²) < 4.78 is 0. The average Bonchev–Trinajstić information content (AvgIpc) is 3.04. The van der Waals surface area contributed by atoms with E-state index in [-0.39, 0.29) is 0 Å². The molecule has 0 atom stereocenters. The van der Waals surface area contributed by atoms with E-state index in [2.05, 4.69) is 17.6 Å². The van der Waals surface area contributed by atoms with E-state index in [1.54, 1.807) is 0 Å². The Balaban J connectivity index is 1.72. The van der Waals surface area contributed by atoms with Crippen molar-refractivity contribution in [3.63, 3.8) is 0 Å².